The highest BCUT2D eigenvalue weighted by Gasteiger charge is 2.40. The van der Waals surface area contributed by atoms with E-state index in [9.17, 15) is 4.79 Å². The van der Waals surface area contributed by atoms with Crippen molar-refractivity contribution in [3.8, 4) is 0 Å². The monoisotopic (exact) mass is 184 g/mol. The normalized spacial score (nSPS) is 29.0. The zero-order chi connectivity index (χ0) is 9.90. The molecule has 4 heteroatoms. The summed E-state index contributed by atoms with van der Waals surface area (Å²) in [6.07, 6.45) is 3.26. The van der Waals surface area contributed by atoms with Gasteiger partial charge in [0.25, 0.3) is 0 Å². The maximum atomic E-state index is 10.8. The fraction of sp³-hybridized carbons (Fsp3) is 0.667. The van der Waals surface area contributed by atoms with E-state index in [-0.39, 0.29) is 0 Å². The summed E-state index contributed by atoms with van der Waals surface area (Å²) in [5.74, 6) is -0.895. The molecule has 0 aliphatic carbocycles. The Morgan fingerprint density at radius 3 is 2.92 bits per heavy atom. The standard InChI is InChI=1S/C9H16N2O2/c1-2-3-5-11-6-4-9(10,7-11)8(12)13/h2H,1,3-7,10H2,(H,12,13). The van der Waals surface area contributed by atoms with Crippen molar-refractivity contribution in [2.75, 3.05) is 19.6 Å². The summed E-state index contributed by atoms with van der Waals surface area (Å²) in [6, 6.07) is 0. The van der Waals surface area contributed by atoms with Gasteiger partial charge in [-0.15, -0.1) is 6.58 Å². The van der Waals surface area contributed by atoms with E-state index in [2.05, 4.69) is 11.5 Å². The van der Waals surface area contributed by atoms with E-state index in [1.165, 1.54) is 0 Å². The molecule has 0 spiro atoms. The molecule has 1 atom stereocenters. The molecule has 1 aliphatic heterocycles. The highest BCUT2D eigenvalue weighted by atomic mass is 16.4. The number of carboxylic acid groups (broad SMARTS) is 1. The number of carbonyl (C=O) groups is 1. The van der Waals surface area contributed by atoms with E-state index in [1.807, 2.05) is 6.08 Å². The van der Waals surface area contributed by atoms with Crippen molar-refractivity contribution >= 4 is 5.97 Å². The molecule has 13 heavy (non-hydrogen) atoms. The van der Waals surface area contributed by atoms with Crippen molar-refractivity contribution in [2.24, 2.45) is 5.73 Å². The van der Waals surface area contributed by atoms with Crippen molar-refractivity contribution in [1.82, 2.24) is 4.90 Å². The van der Waals surface area contributed by atoms with E-state index < -0.39 is 11.5 Å². The lowest BCUT2D eigenvalue weighted by molar-refractivity contribution is -0.142. The van der Waals surface area contributed by atoms with Crippen LogP contribution in [0.15, 0.2) is 12.7 Å². The van der Waals surface area contributed by atoms with E-state index >= 15 is 0 Å². The first-order chi connectivity index (χ1) is 6.08. The molecule has 0 radical (unpaired) electrons. The minimum absolute atomic E-state index is 0.455. The highest BCUT2D eigenvalue weighted by Crippen LogP contribution is 2.18. The van der Waals surface area contributed by atoms with Crippen LogP contribution >= 0.6 is 0 Å². The van der Waals surface area contributed by atoms with Gasteiger partial charge in [0.05, 0.1) is 0 Å². The summed E-state index contributed by atoms with van der Waals surface area (Å²) in [4.78, 5) is 12.8. The van der Waals surface area contributed by atoms with Crippen LogP contribution in [0.3, 0.4) is 0 Å². The summed E-state index contributed by atoms with van der Waals surface area (Å²) in [6.45, 7) is 5.70. The molecule has 0 bridgehead atoms. The number of hydrogen-bond donors (Lipinski definition) is 2. The van der Waals surface area contributed by atoms with Crippen LogP contribution in [-0.2, 0) is 4.79 Å². The van der Waals surface area contributed by atoms with Crippen LogP contribution in [0.5, 0.6) is 0 Å². The number of likely N-dealkylation sites (tertiary alicyclic amines) is 1. The lowest BCUT2D eigenvalue weighted by atomic mass is 10.0. The van der Waals surface area contributed by atoms with Crippen molar-refractivity contribution in [3.05, 3.63) is 12.7 Å². The molecule has 0 aromatic carbocycles. The van der Waals surface area contributed by atoms with Gasteiger partial charge in [0, 0.05) is 19.6 Å². The van der Waals surface area contributed by atoms with Gasteiger partial charge in [0.15, 0.2) is 0 Å². The average molecular weight is 184 g/mol. The van der Waals surface area contributed by atoms with Gasteiger partial charge in [-0.3, -0.25) is 4.79 Å². The molecule has 0 aromatic rings. The van der Waals surface area contributed by atoms with Crippen LogP contribution < -0.4 is 5.73 Å². The molecule has 0 amide bonds. The lowest BCUT2D eigenvalue weighted by Gasteiger charge is -2.19. The topological polar surface area (TPSA) is 66.6 Å². The Bertz CT molecular complexity index is 218. The Kier molecular flexibility index (Phi) is 3.06. The predicted octanol–water partition coefficient (Wildman–Crippen LogP) is 0.0503. The minimum Gasteiger partial charge on any atom is -0.480 e. The Morgan fingerprint density at radius 1 is 1.77 bits per heavy atom. The summed E-state index contributed by atoms with van der Waals surface area (Å²) in [5.41, 5.74) is 4.67. The summed E-state index contributed by atoms with van der Waals surface area (Å²) in [7, 11) is 0. The third-order valence-electron chi connectivity index (χ3n) is 2.46. The Labute approximate surface area is 78.0 Å². The second-order valence-electron chi connectivity index (χ2n) is 3.56. The van der Waals surface area contributed by atoms with Crippen LogP contribution in [0.4, 0.5) is 0 Å². The molecule has 0 saturated carbocycles. The molecule has 74 valence electrons. The molecule has 1 unspecified atom stereocenters. The second-order valence-corrected chi connectivity index (χ2v) is 3.56. The maximum Gasteiger partial charge on any atom is 0.325 e. The van der Waals surface area contributed by atoms with Crippen LogP contribution in [-0.4, -0.2) is 41.1 Å². The number of aliphatic carboxylic acids is 1. The SMILES string of the molecule is C=CCCN1CCC(N)(C(=O)O)C1. The van der Waals surface area contributed by atoms with Crippen molar-refractivity contribution in [3.63, 3.8) is 0 Å². The van der Waals surface area contributed by atoms with Gasteiger partial charge in [-0.05, 0) is 12.8 Å². The molecule has 1 heterocycles. The Balaban J connectivity index is 2.43. The number of nitrogens with two attached hydrogens (primary N) is 1. The van der Waals surface area contributed by atoms with Crippen LogP contribution in [0.2, 0.25) is 0 Å². The van der Waals surface area contributed by atoms with Gasteiger partial charge in [0.2, 0.25) is 0 Å². The molecule has 3 N–H and O–H groups in total. The quantitative estimate of drug-likeness (QED) is 0.606. The maximum absolute atomic E-state index is 10.8. The lowest BCUT2D eigenvalue weighted by Crippen LogP contribution is -2.50. The molecule has 0 aromatic heterocycles. The van der Waals surface area contributed by atoms with Gasteiger partial charge >= 0.3 is 5.97 Å². The molecule has 1 saturated heterocycles. The third kappa shape index (κ3) is 2.29. The van der Waals surface area contributed by atoms with Gasteiger partial charge < -0.3 is 15.7 Å². The van der Waals surface area contributed by atoms with E-state index in [4.69, 9.17) is 10.8 Å². The van der Waals surface area contributed by atoms with E-state index in [1.54, 1.807) is 0 Å². The molecule has 4 nitrogen and oxygen atoms in total. The highest BCUT2D eigenvalue weighted by molar-refractivity contribution is 5.79. The van der Waals surface area contributed by atoms with Crippen LogP contribution in [0, 0.1) is 0 Å². The van der Waals surface area contributed by atoms with Crippen LogP contribution in [0.1, 0.15) is 12.8 Å². The van der Waals surface area contributed by atoms with Crippen molar-refractivity contribution in [1.29, 1.82) is 0 Å². The molecular formula is C9H16N2O2. The van der Waals surface area contributed by atoms with Gasteiger partial charge in [-0.1, -0.05) is 6.08 Å². The smallest absolute Gasteiger partial charge is 0.325 e. The zero-order valence-corrected chi connectivity index (χ0v) is 7.70. The van der Waals surface area contributed by atoms with Crippen molar-refractivity contribution < 1.29 is 9.90 Å². The first-order valence-corrected chi connectivity index (χ1v) is 4.44. The third-order valence-corrected chi connectivity index (χ3v) is 2.46. The fourth-order valence-corrected chi connectivity index (χ4v) is 1.55. The molecular weight excluding hydrogens is 168 g/mol. The van der Waals surface area contributed by atoms with Crippen LogP contribution in [0.25, 0.3) is 0 Å². The van der Waals surface area contributed by atoms with Gasteiger partial charge in [-0.25, -0.2) is 0 Å². The average Bonchev–Trinajstić information content (AvgIpc) is 2.45. The zero-order valence-electron chi connectivity index (χ0n) is 7.70. The number of carboxylic acids is 1. The Morgan fingerprint density at radius 2 is 2.46 bits per heavy atom. The molecule has 1 fully saturated rings. The van der Waals surface area contributed by atoms with E-state index in [0.29, 0.717) is 13.0 Å². The number of hydrogen-bond acceptors (Lipinski definition) is 3. The number of rotatable bonds is 4. The molecule has 1 rings (SSSR count). The fourth-order valence-electron chi connectivity index (χ4n) is 1.55. The summed E-state index contributed by atoms with van der Waals surface area (Å²) < 4.78 is 0. The first-order valence-electron chi connectivity index (χ1n) is 4.44. The first kappa shape index (κ1) is 10.2. The number of nitrogens with zero attached hydrogens (tertiary/aromatic N) is 1. The van der Waals surface area contributed by atoms with E-state index in [0.717, 1.165) is 19.5 Å². The van der Waals surface area contributed by atoms with Gasteiger partial charge in [-0.2, -0.15) is 0 Å². The minimum atomic E-state index is -1.03. The second kappa shape index (κ2) is 3.89. The largest absolute Gasteiger partial charge is 0.480 e. The molecule has 1 aliphatic rings. The summed E-state index contributed by atoms with van der Waals surface area (Å²) >= 11 is 0. The predicted molar refractivity (Wildman–Crippen MR) is 50.4 cm³/mol. The van der Waals surface area contributed by atoms with Gasteiger partial charge in [0.1, 0.15) is 5.54 Å². The summed E-state index contributed by atoms with van der Waals surface area (Å²) in [5, 5.41) is 8.84. The Hall–Kier alpha value is -0.870. The van der Waals surface area contributed by atoms with Crippen molar-refractivity contribution in [2.45, 2.75) is 18.4 Å².